The fourth-order valence-electron chi connectivity index (χ4n) is 1.73. The fraction of sp³-hybridized carbons (Fsp3) is 0.900. The van der Waals surface area contributed by atoms with Crippen LogP contribution in [0.1, 0.15) is 25.7 Å². The van der Waals surface area contributed by atoms with Crippen molar-refractivity contribution in [3.05, 3.63) is 0 Å². The van der Waals surface area contributed by atoms with Crippen molar-refractivity contribution in [2.45, 2.75) is 31.7 Å². The summed E-state index contributed by atoms with van der Waals surface area (Å²) in [6, 6.07) is 0.789. The summed E-state index contributed by atoms with van der Waals surface area (Å²) >= 11 is 2.06. The third-order valence-electron chi connectivity index (χ3n) is 2.74. The Balaban J connectivity index is 2.02. The molecule has 1 saturated heterocycles. The third-order valence-corrected chi connectivity index (χ3v) is 3.88. The molecule has 0 aromatic carbocycles. The molecule has 0 spiro atoms. The van der Waals surface area contributed by atoms with E-state index in [1.54, 1.807) is 0 Å². The Morgan fingerprint density at radius 1 is 1.57 bits per heavy atom. The first kappa shape index (κ1) is 11.9. The van der Waals surface area contributed by atoms with Gasteiger partial charge in [-0.1, -0.05) is 0 Å². The van der Waals surface area contributed by atoms with Crippen LogP contribution in [0.3, 0.4) is 0 Å². The second-order valence-electron chi connectivity index (χ2n) is 3.98. The maximum atomic E-state index is 7.11. The predicted octanol–water partition coefficient (Wildman–Crippen LogP) is 1.53. The molecule has 4 heteroatoms. The van der Waals surface area contributed by atoms with Crippen LogP contribution in [0.15, 0.2) is 0 Å². The molecule has 0 amide bonds. The van der Waals surface area contributed by atoms with E-state index in [4.69, 9.17) is 11.1 Å². The van der Waals surface area contributed by atoms with E-state index in [1.165, 1.54) is 17.9 Å². The van der Waals surface area contributed by atoms with Crippen LogP contribution in [0.5, 0.6) is 0 Å². The summed E-state index contributed by atoms with van der Waals surface area (Å²) in [5.74, 6) is 2.94. The maximum absolute atomic E-state index is 7.11. The zero-order valence-electron chi connectivity index (χ0n) is 8.96. The van der Waals surface area contributed by atoms with Gasteiger partial charge in [-0.3, -0.25) is 5.41 Å². The van der Waals surface area contributed by atoms with Gasteiger partial charge in [0.25, 0.3) is 0 Å². The molecule has 1 aliphatic rings. The van der Waals surface area contributed by atoms with E-state index in [0.29, 0.717) is 5.84 Å². The van der Waals surface area contributed by atoms with E-state index >= 15 is 0 Å². The minimum absolute atomic E-state index is 0.323. The molecule has 0 radical (unpaired) electrons. The first-order valence-electron chi connectivity index (χ1n) is 5.31. The normalized spacial score (nSPS) is 21.7. The average molecular weight is 215 g/mol. The Hall–Kier alpha value is -0.220. The quantitative estimate of drug-likeness (QED) is 0.401. The van der Waals surface area contributed by atoms with E-state index < -0.39 is 0 Å². The van der Waals surface area contributed by atoms with Gasteiger partial charge in [0.2, 0.25) is 0 Å². The lowest BCUT2D eigenvalue weighted by Gasteiger charge is -2.23. The predicted molar refractivity (Wildman–Crippen MR) is 64.1 cm³/mol. The van der Waals surface area contributed by atoms with Gasteiger partial charge in [0.1, 0.15) is 0 Å². The number of thioether (sulfide) groups is 1. The van der Waals surface area contributed by atoms with Gasteiger partial charge in [-0.25, -0.2) is 0 Å². The number of hydrogen-bond acceptors (Lipinski definition) is 3. The molecule has 82 valence electrons. The number of nitrogens with two attached hydrogens (primary N) is 1. The number of amidine groups is 1. The monoisotopic (exact) mass is 215 g/mol. The second kappa shape index (κ2) is 6.30. The second-order valence-corrected chi connectivity index (χ2v) is 5.13. The van der Waals surface area contributed by atoms with Gasteiger partial charge in [0.05, 0.1) is 5.84 Å². The Labute approximate surface area is 90.9 Å². The smallest absolute Gasteiger partial charge is 0.0905 e. The number of nitrogens with one attached hydrogen (secondary N) is 1. The number of unbranched alkanes of at least 4 members (excludes halogenated alkanes) is 1. The highest BCUT2D eigenvalue weighted by Gasteiger charge is 2.18. The van der Waals surface area contributed by atoms with Gasteiger partial charge >= 0.3 is 0 Å². The molecule has 0 aromatic heterocycles. The molecule has 1 atom stereocenters. The first-order valence-corrected chi connectivity index (χ1v) is 6.46. The molecule has 0 aliphatic carbocycles. The first-order chi connectivity index (χ1) is 6.70. The molecule has 0 aromatic rings. The van der Waals surface area contributed by atoms with Crippen molar-refractivity contribution in [2.24, 2.45) is 5.73 Å². The molecule has 14 heavy (non-hydrogen) atoms. The minimum Gasteiger partial charge on any atom is -0.388 e. The molecule has 1 aliphatic heterocycles. The van der Waals surface area contributed by atoms with Crippen LogP contribution in [0, 0.1) is 5.41 Å². The summed E-state index contributed by atoms with van der Waals surface area (Å²) in [4.78, 5) is 2.46. The molecule has 0 bridgehead atoms. The van der Waals surface area contributed by atoms with Gasteiger partial charge in [-0.15, -0.1) is 0 Å². The van der Waals surface area contributed by atoms with E-state index in [9.17, 15) is 0 Å². The molecule has 1 fully saturated rings. The van der Waals surface area contributed by atoms with Crippen molar-refractivity contribution < 1.29 is 0 Å². The standard InChI is InChI=1S/C10H21N3S/c1-13(9-5-7-14-8-9)6-3-2-4-10(11)12/h9H,2-8H2,1H3,(H3,11,12). The molecular formula is C10H21N3S. The average Bonchev–Trinajstić information content (AvgIpc) is 2.64. The summed E-state index contributed by atoms with van der Waals surface area (Å²) in [5.41, 5.74) is 5.30. The summed E-state index contributed by atoms with van der Waals surface area (Å²) < 4.78 is 0. The Kier molecular flexibility index (Phi) is 5.33. The number of rotatable bonds is 6. The molecule has 3 N–H and O–H groups in total. The van der Waals surface area contributed by atoms with Gasteiger partial charge < -0.3 is 10.6 Å². The van der Waals surface area contributed by atoms with Gasteiger partial charge in [-0.2, -0.15) is 11.8 Å². The summed E-state index contributed by atoms with van der Waals surface area (Å²) in [6.07, 6.45) is 4.32. The van der Waals surface area contributed by atoms with Crippen LogP contribution in [0.2, 0.25) is 0 Å². The minimum atomic E-state index is 0.323. The van der Waals surface area contributed by atoms with Crippen molar-refractivity contribution in [2.75, 3.05) is 25.1 Å². The van der Waals surface area contributed by atoms with Crippen molar-refractivity contribution in [3.8, 4) is 0 Å². The van der Waals surface area contributed by atoms with Crippen LogP contribution in [-0.2, 0) is 0 Å². The molecular weight excluding hydrogens is 194 g/mol. The topological polar surface area (TPSA) is 53.1 Å². The molecule has 1 rings (SSSR count). The lowest BCUT2D eigenvalue weighted by Crippen LogP contribution is -2.32. The largest absolute Gasteiger partial charge is 0.388 e. The Morgan fingerprint density at radius 3 is 2.93 bits per heavy atom. The van der Waals surface area contributed by atoms with Crippen molar-refractivity contribution in [3.63, 3.8) is 0 Å². The molecule has 1 heterocycles. The lowest BCUT2D eigenvalue weighted by atomic mass is 10.2. The van der Waals surface area contributed by atoms with Crippen LogP contribution in [0.25, 0.3) is 0 Å². The fourth-order valence-corrected chi connectivity index (χ4v) is 3.03. The molecule has 0 saturated carbocycles. The van der Waals surface area contributed by atoms with E-state index in [-0.39, 0.29) is 0 Å². The third kappa shape index (κ3) is 4.33. The number of hydrogen-bond donors (Lipinski definition) is 2. The highest BCUT2D eigenvalue weighted by Crippen LogP contribution is 2.21. The lowest BCUT2D eigenvalue weighted by molar-refractivity contribution is 0.258. The van der Waals surface area contributed by atoms with Crippen LogP contribution in [-0.4, -0.2) is 41.9 Å². The summed E-state index contributed by atoms with van der Waals surface area (Å²) in [5, 5.41) is 7.11. The highest BCUT2D eigenvalue weighted by molar-refractivity contribution is 7.99. The SMILES string of the molecule is CN(CCCCC(=N)N)C1CCSC1. The highest BCUT2D eigenvalue weighted by atomic mass is 32.2. The van der Waals surface area contributed by atoms with Crippen molar-refractivity contribution in [1.82, 2.24) is 4.90 Å². The van der Waals surface area contributed by atoms with Crippen LogP contribution < -0.4 is 5.73 Å². The van der Waals surface area contributed by atoms with Crippen molar-refractivity contribution in [1.29, 1.82) is 5.41 Å². The van der Waals surface area contributed by atoms with Crippen molar-refractivity contribution >= 4 is 17.6 Å². The maximum Gasteiger partial charge on any atom is 0.0905 e. The summed E-state index contributed by atoms with van der Waals surface area (Å²) in [6.45, 7) is 1.15. The van der Waals surface area contributed by atoms with E-state index in [1.807, 2.05) is 0 Å². The van der Waals surface area contributed by atoms with Gasteiger partial charge in [0, 0.05) is 18.2 Å². The van der Waals surface area contributed by atoms with E-state index in [0.717, 1.165) is 31.8 Å². The molecule has 1 unspecified atom stereocenters. The number of nitrogens with zero attached hydrogens (tertiary/aromatic N) is 1. The Bertz CT molecular complexity index is 178. The zero-order chi connectivity index (χ0) is 10.4. The van der Waals surface area contributed by atoms with Gasteiger partial charge in [-0.05, 0) is 38.6 Å². The van der Waals surface area contributed by atoms with Crippen LogP contribution >= 0.6 is 11.8 Å². The molecule has 3 nitrogen and oxygen atoms in total. The summed E-state index contributed by atoms with van der Waals surface area (Å²) in [7, 11) is 2.21. The van der Waals surface area contributed by atoms with Crippen LogP contribution in [0.4, 0.5) is 0 Å². The van der Waals surface area contributed by atoms with Gasteiger partial charge in [0.15, 0.2) is 0 Å². The van der Waals surface area contributed by atoms with E-state index in [2.05, 4.69) is 23.7 Å². The Morgan fingerprint density at radius 2 is 2.36 bits per heavy atom. The zero-order valence-corrected chi connectivity index (χ0v) is 9.78.